The molecule has 23 heavy (non-hydrogen) atoms. The summed E-state index contributed by atoms with van der Waals surface area (Å²) in [4.78, 5) is 26.2. The minimum atomic E-state index is -1.01. The summed E-state index contributed by atoms with van der Waals surface area (Å²) in [5, 5.41) is 3.01. The average Bonchev–Trinajstić information content (AvgIpc) is 2.78. The molecule has 0 radical (unpaired) electrons. The van der Waals surface area contributed by atoms with Gasteiger partial charge in [0.05, 0.1) is 11.4 Å². The molecule has 0 bridgehead atoms. The third kappa shape index (κ3) is 2.40. The van der Waals surface area contributed by atoms with E-state index >= 15 is 0 Å². The van der Waals surface area contributed by atoms with Gasteiger partial charge in [0.15, 0.2) is 0 Å². The van der Waals surface area contributed by atoms with Crippen molar-refractivity contribution in [1.29, 1.82) is 0 Å². The molecule has 1 heterocycles. The molecule has 0 atom stereocenters. The van der Waals surface area contributed by atoms with Gasteiger partial charge in [0.1, 0.15) is 5.41 Å². The van der Waals surface area contributed by atoms with Crippen LogP contribution in [-0.4, -0.2) is 11.8 Å². The number of amides is 2. The van der Waals surface area contributed by atoms with E-state index in [2.05, 4.69) is 0 Å². The number of carbonyl (C=O) groups is 2. The van der Waals surface area contributed by atoms with Crippen molar-refractivity contribution in [2.24, 2.45) is 5.41 Å². The van der Waals surface area contributed by atoms with Gasteiger partial charge in [-0.2, -0.15) is 0 Å². The highest BCUT2D eigenvalue weighted by atomic mass is 16.2. The molecule has 4 heteroatoms. The molecule has 1 aliphatic heterocycles. The highest BCUT2D eigenvalue weighted by molar-refractivity contribution is 6.25. The summed E-state index contributed by atoms with van der Waals surface area (Å²) < 4.78 is 0. The molecule has 0 aromatic heterocycles. The highest BCUT2D eigenvalue weighted by Gasteiger charge is 2.55. The molecule has 0 unspecified atom stereocenters. The van der Waals surface area contributed by atoms with Crippen LogP contribution in [0.5, 0.6) is 0 Å². The predicted molar refractivity (Wildman–Crippen MR) is 90.9 cm³/mol. The van der Waals surface area contributed by atoms with Crippen LogP contribution in [0.2, 0.25) is 0 Å². The monoisotopic (exact) mass is 308 g/mol. The lowest BCUT2D eigenvalue weighted by molar-refractivity contribution is -0.134. The summed E-state index contributed by atoms with van der Waals surface area (Å²) >= 11 is 0. The molecule has 0 saturated carbocycles. The molecule has 2 aromatic carbocycles. The first-order chi connectivity index (χ1) is 11.1. The van der Waals surface area contributed by atoms with Gasteiger partial charge in [-0.1, -0.05) is 49.7 Å². The van der Waals surface area contributed by atoms with Gasteiger partial charge in [0, 0.05) is 0 Å². The van der Waals surface area contributed by atoms with Crippen LogP contribution in [0.3, 0.4) is 0 Å². The highest BCUT2D eigenvalue weighted by Crippen LogP contribution is 2.40. The SMILES string of the molecule is CCCC1(C)C(=O)N(c2ccccc2)N(c2ccccc2)C1=O. The first kappa shape index (κ1) is 15.3. The number of hydrogen-bond donors (Lipinski definition) is 0. The van der Waals surface area contributed by atoms with Gasteiger partial charge in [-0.3, -0.25) is 9.59 Å². The molecule has 1 aliphatic rings. The molecular weight excluding hydrogens is 288 g/mol. The van der Waals surface area contributed by atoms with Crippen molar-refractivity contribution < 1.29 is 9.59 Å². The Morgan fingerprint density at radius 1 is 0.783 bits per heavy atom. The molecule has 4 nitrogen and oxygen atoms in total. The fraction of sp³-hybridized carbons (Fsp3) is 0.263. The van der Waals surface area contributed by atoms with Gasteiger partial charge in [0.25, 0.3) is 11.8 Å². The minimum Gasteiger partial charge on any atom is -0.271 e. The van der Waals surface area contributed by atoms with E-state index in [0.29, 0.717) is 17.8 Å². The molecule has 2 amide bonds. The Bertz CT molecular complexity index is 655. The summed E-state index contributed by atoms with van der Waals surface area (Å²) in [7, 11) is 0. The smallest absolute Gasteiger partial charge is 0.261 e. The number of carbonyl (C=O) groups excluding carboxylic acids is 2. The van der Waals surface area contributed by atoms with Gasteiger partial charge in [-0.05, 0) is 37.6 Å². The van der Waals surface area contributed by atoms with Gasteiger partial charge < -0.3 is 0 Å². The molecule has 118 valence electrons. The van der Waals surface area contributed by atoms with Crippen LogP contribution >= 0.6 is 0 Å². The topological polar surface area (TPSA) is 40.6 Å². The maximum Gasteiger partial charge on any atom is 0.261 e. The lowest BCUT2D eigenvalue weighted by atomic mass is 9.84. The van der Waals surface area contributed by atoms with Crippen LogP contribution in [0.15, 0.2) is 60.7 Å². The zero-order valence-electron chi connectivity index (χ0n) is 13.4. The molecule has 0 N–H and O–H groups in total. The average molecular weight is 308 g/mol. The molecule has 1 fully saturated rings. The van der Waals surface area contributed by atoms with Crippen LogP contribution in [0, 0.1) is 5.41 Å². The number of hydrogen-bond acceptors (Lipinski definition) is 2. The fourth-order valence-electron chi connectivity index (χ4n) is 3.06. The Kier molecular flexibility index (Phi) is 3.90. The van der Waals surface area contributed by atoms with Gasteiger partial charge in [-0.15, -0.1) is 0 Å². The molecule has 3 rings (SSSR count). The van der Waals surface area contributed by atoms with Gasteiger partial charge in [0.2, 0.25) is 0 Å². The number of anilines is 2. The molecule has 0 aliphatic carbocycles. The maximum absolute atomic E-state index is 13.1. The van der Waals surface area contributed by atoms with Crippen molar-refractivity contribution >= 4 is 23.2 Å². The van der Waals surface area contributed by atoms with E-state index in [1.54, 1.807) is 6.92 Å². The molecule has 0 spiro atoms. The lowest BCUT2D eigenvalue weighted by Gasteiger charge is -2.27. The van der Waals surface area contributed by atoms with Crippen molar-refractivity contribution in [2.75, 3.05) is 10.0 Å². The Hall–Kier alpha value is -2.62. The van der Waals surface area contributed by atoms with Crippen molar-refractivity contribution in [2.45, 2.75) is 26.7 Å². The van der Waals surface area contributed by atoms with Gasteiger partial charge >= 0.3 is 0 Å². The Labute approximate surface area is 136 Å². The van der Waals surface area contributed by atoms with Gasteiger partial charge in [-0.25, -0.2) is 10.0 Å². The second-order valence-corrected chi connectivity index (χ2v) is 5.99. The first-order valence-electron chi connectivity index (χ1n) is 7.88. The van der Waals surface area contributed by atoms with Crippen molar-refractivity contribution in [3.05, 3.63) is 60.7 Å². The van der Waals surface area contributed by atoms with E-state index in [1.165, 1.54) is 10.0 Å². The normalized spacial score (nSPS) is 17.0. The van der Waals surface area contributed by atoms with E-state index in [-0.39, 0.29) is 11.8 Å². The van der Waals surface area contributed by atoms with E-state index in [4.69, 9.17) is 0 Å². The zero-order valence-corrected chi connectivity index (χ0v) is 13.4. The molecule has 2 aromatic rings. The number of para-hydroxylation sites is 2. The maximum atomic E-state index is 13.1. The van der Waals surface area contributed by atoms with Crippen LogP contribution in [-0.2, 0) is 9.59 Å². The zero-order chi connectivity index (χ0) is 16.4. The van der Waals surface area contributed by atoms with Crippen LogP contribution < -0.4 is 10.0 Å². The summed E-state index contributed by atoms with van der Waals surface area (Å²) in [5.41, 5.74) is 0.393. The quantitative estimate of drug-likeness (QED) is 0.806. The number of nitrogens with zero attached hydrogens (tertiary/aromatic N) is 2. The number of rotatable bonds is 4. The van der Waals surface area contributed by atoms with Crippen LogP contribution in [0.25, 0.3) is 0 Å². The second-order valence-electron chi connectivity index (χ2n) is 5.99. The minimum absolute atomic E-state index is 0.167. The Morgan fingerprint density at radius 3 is 1.52 bits per heavy atom. The Balaban J connectivity index is 2.14. The standard InChI is InChI=1S/C19H20N2O2/c1-3-14-19(2)17(22)20(15-10-6-4-7-11-15)21(18(19)23)16-12-8-5-9-13-16/h4-13H,3,14H2,1-2H3. The largest absolute Gasteiger partial charge is 0.271 e. The van der Waals surface area contributed by atoms with E-state index in [9.17, 15) is 9.59 Å². The number of benzene rings is 2. The molecular formula is C19H20N2O2. The fourth-order valence-corrected chi connectivity index (χ4v) is 3.06. The molecule has 1 saturated heterocycles. The van der Waals surface area contributed by atoms with Crippen LogP contribution in [0.1, 0.15) is 26.7 Å². The van der Waals surface area contributed by atoms with E-state index < -0.39 is 5.41 Å². The van der Waals surface area contributed by atoms with Crippen molar-refractivity contribution in [3.8, 4) is 0 Å². The lowest BCUT2D eigenvalue weighted by Crippen LogP contribution is -2.41. The summed E-state index contributed by atoms with van der Waals surface area (Å²) in [6.07, 6.45) is 1.32. The third-order valence-electron chi connectivity index (χ3n) is 4.28. The summed E-state index contributed by atoms with van der Waals surface area (Å²) in [5.74, 6) is -0.334. The van der Waals surface area contributed by atoms with Crippen molar-refractivity contribution in [3.63, 3.8) is 0 Å². The second kappa shape index (κ2) is 5.88. The van der Waals surface area contributed by atoms with Crippen molar-refractivity contribution in [1.82, 2.24) is 0 Å². The predicted octanol–water partition coefficient (Wildman–Crippen LogP) is 3.79. The Morgan fingerprint density at radius 2 is 1.17 bits per heavy atom. The van der Waals surface area contributed by atoms with E-state index in [0.717, 1.165) is 6.42 Å². The summed E-state index contributed by atoms with van der Waals surface area (Å²) in [6.45, 7) is 3.74. The van der Waals surface area contributed by atoms with Crippen LogP contribution in [0.4, 0.5) is 11.4 Å². The van der Waals surface area contributed by atoms with E-state index in [1.807, 2.05) is 67.6 Å². The third-order valence-corrected chi connectivity index (χ3v) is 4.28. The summed E-state index contributed by atoms with van der Waals surface area (Å²) in [6, 6.07) is 18.6. The number of hydrazine groups is 1. The first-order valence-corrected chi connectivity index (χ1v) is 7.88.